The third-order valence-corrected chi connectivity index (χ3v) is 19.8. The molecule has 3 atom stereocenters. The number of aliphatic imine (C=N–C) groups is 3. The Labute approximate surface area is 748 Å². The molecule has 3 aliphatic rings. The largest absolute Gasteiger partial charge is 0.444 e. The SMILES string of the molecule is CCN(C(=O)CCCN)C1CN(C(=Nc2cccc(OC(F)F)c2)NC#N)N=C1c1ccc(Cl)c(Cl)c1.CCN(C(=O)CCCNC(=O)OC(C)(C)C)C1CN(C(=Nc2cccc(OC(F)F)c2)NC#N)N=C1c1ccc(Cl)c(Cl)c1.CCN(C(=O)CCCNC(=O)OC(C)(C)C)C1CN(C(=Nc2cccc(OC(F)F)c2)NC#N)N=C1c1ccc(Cl)c(Cl)c1. The Morgan fingerprint density at radius 2 is 0.736 bits per heavy atom. The number of rotatable bonds is 29. The van der Waals surface area contributed by atoms with Crippen molar-refractivity contribution in [2.24, 2.45) is 36.0 Å². The summed E-state index contributed by atoms with van der Waals surface area (Å²) >= 11 is 37.2. The van der Waals surface area contributed by atoms with Crippen molar-refractivity contribution in [3.05, 3.63) is 174 Å². The van der Waals surface area contributed by atoms with Gasteiger partial charge >= 0.3 is 32.0 Å². The van der Waals surface area contributed by atoms with E-state index in [0.717, 1.165) is 0 Å². The quantitative estimate of drug-likeness (QED) is 0.00634. The number of guanidine groups is 3. The van der Waals surface area contributed by atoms with Crippen molar-refractivity contribution in [3.63, 3.8) is 0 Å². The number of nitrogens with one attached hydrogen (secondary N) is 5. The van der Waals surface area contributed by atoms with Gasteiger partial charge in [0.25, 0.3) is 0 Å². The zero-order chi connectivity index (χ0) is 91.8. The molecule has 3 unspecified atom stereocenters. The van der Waals surface area contributed by atoms with Crippen molar-refractivity contribution in [3.8, 4) is 35.8 Å². The Kier molecular flexibility index (Phi) is 38.9. The van der Waals surface area contributed by atoms with Gasteiger partial charge in [0.05, 0.1) is 102 Å². The van der Waals surface area contributed by atoms with Gasteiger partial charge in [0.2, 0.25) is 35.6 Å². The number of hydrogen-bond donors (Lipinski definition) is 6. The molecule has 0 spiro atoms. The Hall–Kier alpha value is -11.8. The Morgan fingerprint density at radius 1 is 0.456 bits per heavy atom. The van der Waals surface area contributed by atoms with Gasteiger partial charge in [-0.25, -0.2) is 39.6 Å². The predicted molar refractivity (Wildman–Crippen MR) is 465 cm³/mol. The summed E-state index contributed by atoms with van der Waals surface area (Å²) in [5.74, 6) is -0.781. The molecule has 125 heavy (non-hydrogen) atoms. The third-order valence-electron chi connectivity index (χ3n) is 17.6. The summed E-state index contributed by atoms with van der Waals surface area (Å²) in [6.45, 7) is 9.28. The molecule has 31 nitrogen and oxygen atoms in total. The number of nitrogens with zero attached hydrogens (tertiary/aromatic N) is 15. The van der Waals surface area contributed by atoms with Gasteiger partial charge in [0, 0.05) is 86.9 Å². The fraction of sp³-hybridized carbons (Fsp3) is 0.390. The number of alkyl carbamates (subject to hydrolysis) is 2. The van der Waals surface area contributed by atoms with Crippen LogP contribution in [-0.4, -0.2) is 203 Å². The molecule has 9 rings (SSSR count). The number of ether oxygens (including phenoxy) is 5. The average Bonchev–Trinajstić information content (AvgIpc) is 1.65. The number of carbonyl (C=O) groups excluding carboxylic acids is 5. The summed E-state index contributed by atoms with van der Waals surface area (Å²) in [6.07, 6.45) is 6.09. The average molecular weight is 1860 g/mol. The number of hydrazone groups is 3. The van der Waals surface area contributed by atoms with E-state index in [1.807, 2.05) is 39.4 Å². The summed E-state index contributed by atoms with van der Waals surface area (Å²) in [7, 11) is 0. The smallest absolute Gasteiger partial charge is 0.407 e. The van der Waals surface area contributed by atoms with E-state index in [2.05, 4.69) is 71.1 Å². The van der Waals surface area contributed by atoms with Gasteiger partial charge in [-0.1, -0.05) is 106 Å². The van der Waals surface area contributed by atoms with E-state index < -0.39 is 61.3 Å². The van der Waals surface area contributed by atoms with Gasteiger partial charge in [-0.2, -0.15) is 57.4 Å². The van der Waals surface area contributed by atoms with Crippen LogP contribution in [0.5, 0.6) is 17.2 Å². The van der Waals surface area contributed by atoms with Crippen LogP contribution < -0.4 is 46.5 Å². The molecule has 3 heterocycles. The lowest BCUT2D eigenvalue weighted by Gasteiger charge is -2.29. The zero-order valence-corrected chi connectivity index (χ0v) is 73.6. The van der Waals surface area contributed by atoms with Crippen molar-refractivity contribution in [2.75, 3.05) is 58.9 Å². The Balaban J connectivity index is 0.000000259. The summed E-state index contributed by atoms with van der Waals surface area (Å²) in [6, 6.07) is 30.3. The van der Waals surface area contributed by atoms with Gasteiger partial charge < -0.3 is 54.8 Å². The minimum atomic E-state index is -3.02. The molecule has 3 aliphatic heterocycles. The first kappa shape index (κ1) is 100. The van der Waals surface area contributed by atoms with Gasteiger partial charge in [-0.05, 0) is 161 Å². The van der Waals surface area contributed by atoms with Crippen molar-refractivity contribution >= 4 is 152 Å². The number of nitrogens with two attached hydrogens (primary N) is 1. The Morgan fingerprint density at radius 3 is 0.976 bits per heavy atom. The zero-order valence-electron chi connectivity index (χ0n) is 69.1. The van der Waals surface area contributed by atoms with Gasteiger partial charge in [0.1, 0.15) is 28.5 Å². The molecular weight excluding hydrogens is 1770 g/mol. The molecule has 668 valence electrons. The van der Waals surface area contributed by atoms with E-state index in [1.54, 1.807) is 129 Å². The fourth-order valence-electron chi connectivity index (χ4n) is 12.4. The molecular formula is C82H91Cl6F6N21O10. The minimum Gasteiger partial charge on any atom is -0.444 e. The molecule has 0 aromatic heterocycles. The van der Waals surface area contributed by atoms with Crippen LogP contribution in [0.4, 0.5) is 53.0 Å². The number of benzene rings is 6. The number of carbonyl (C=O) groups is 5. The van der Waals surface area contributed by atoms with Crippen LogP contribution in [-0.2, 0) is 23.9 Å². The van der Waals surface area contributed by atoms with Crippen LogP contribution in [0.1, 0.15) is 118 Å². The lowest BCUT2D eigenvalue weighted by Crippen LogP contribution is -2.48. The number of halogens is 12. The van der Waals surface area contributed by atoms with Gasteiger partial charge in [-0.3, -0.25) is 30.3 Å². The molecule has 0 saturated heterocycles. The van der Waals surface area contributed by atoms with E-state index >= 15 is 0 Å². The normalized spacial score (nSPS) is 15.1. The van der Waals surface area contributed by atoms with Crippen LogP contribution >= 0.6 is 69.6 Å². The van der Waals surface area contributed by atoms with E-state index in [9.17, 15) is 66.1 Å². The summed E-state index contributed by atoms with van der Waals surface area (Å²) < 4.78 is 100. The van der Waals surface area contributed by atoms with Crippen molar-refractivity contribution in [2.45, 2.75) is 150 Å². The number of amides is 5. The van der Waals surface area contributed by atoms with Crippen LogP contribution in [0.2, 0.25) is 30.1 Å². The van der Waals surface area contributed by atoms with Crippen molar-refractivity contribution < 1.29 is 74.0 Å². The number of likely N-dealkylation sites (N-methyl/N-ethyl adjacent to an activating group) is 3. The lowest BCUT2D eigenvalue weighted by molar-refractivity contribution is -0.132. The molecule has 0 radical (unpaired) electrons. The molecule has 7 N–H and O–H groups in total. The highest BCUT2D eigenvalue weighted by atomic mass is 35.5. The van der Waals surface area contributed by atoms with Gasteiger partial charge in [0.15, 0.2) is 18.6 Å². The second-order valence-electron chi connectivity index (χ2n) is 28.8. The molecule has 0 bridgehead atoms. The van der Waals surface area contributed by atoms with Crippen LogP contribution in [0.3, 0.4) is 0 Å². The molecule has 6 aromatic rings. The highest BCUT2D eigenvalue weighted by Gasteiger charge is 2.40. The van der Waals surface area contributed by atoms with E-state index in [4.69, 9.17) is 84.8 Å². The number of nitriles is 3. The molecule has 0 saturated carbocycles. The van der Waals surface area contributed by atoms with Crippen LogP contribution in [0.15, 0.2) is 158 Å². The molecule has 6 aromatic carbocycles. The maximum absolute atomic E-state index is 13.4. The first-order valence-corrected chi connectivity index (χ1v) is 41.0. The second-order valence-corrected chi connectivity index (χ2v) is 31.2. The third kappa shape index (κ3) is 31.5. The first-order valence-electron chi connectivity index (χ1n) is 38.7. The van der Waals surface area contributed by atoms with Crippen molar-refractivity contribution in [1.82, 2.24) is 56.3 Å². The molecule has 5 amide bonds. The molecule has 0 aliphatic carbocycles. The summed E-state index contributed by atoms with van der Waals surface area (Å²) in [4.78, 5) is 81.9. The topological polar surface area (TPSA) is 383 Å². The second kappa shape index (κ2) is 48.5. The minimum absolute atomic E-state index is 0.00757. The maximum Gasteiger partial charge on any atom is 0.407 e. The molecule has 43 heteroatoms. The van der Waals surface area contributed by atoms with Crippen LogP contribution in [0, 0.1) is 34.4 Å². The van der Waals surface area contributed by atoms with Crippen molar-refractivity contribution in [1.29, 1.82) is 15.8 Å². The highest BCUT2D eigenvalue weighted by Crippen LogP contribution is 2.34. The highest BCUT2D eigenvalue weighted by molar-refractivity contribution is 6.43. The standard InChI is InChI=1S/2C29H33Cl2F2N7O4.C24H25Cl2F2N7O2/c2*1-5-39(24(41)10-7-13-35-28(42)44-29(2,3)4)23-16-40(38-25(23)18-11-12-21(30)22(31)14-18)27(36-17-34)37-19-8-6-9-20(15-19)43-26(32)33;1-2-34(21(36)7-4-10-29)20-13-35(33-22(20)15-8-9-18(25)19(26)11-15)24(31-14-30)32-16-5-3-6-17(12-16)37-23(27)28/h2*6,8-9,11-12,14-15,23,26H,5,7,10,13,16H2,1-4H3,(H,35,42)(H,36,37);3,5-6,8-9,11-12,20,23H,2,4,7,10,13,29H2,1H3,(H,31,32). The lowest BCUT2D eigenvalue weighted by atomic mass is 10.0. The van der Waals surface area contributed by atoms with Crippen LogP contribution in [0.25, 0.3) is 0 Å². The summed E-state index contributed by atoms with van der Waals surface area (Å²) in [5.41, 5.74) is 8.26. The number of hydrogen-bond acceptors (Lipinski definition) is 20. The number of alkyl halides is 6. The van der Waals surface area contributed by atoms with E-state index in [0.29, 0.717) is 99.4 Å². The predicted octanol–water partition coefficient (Wildman–Crippen LogP) is 16.1. The maximum atomic E-state index is 13.4. The van der Waals surface area contributed by atoms with E-state index in [-0.39, 0.29) is 132 Å². The monoisotopic (exact) mass is 1850 g/mol. The molecule has 0 fully saturated rings. The summed E-state index contributed by atoms with van der Waals surface area (Å²) in [5, 5.41) is 61.2. The Bertz CT molecular complexity index is 4870. The fourth-order valence-corrected chi connectivity index (χ4v) is 13.3. The van der Waals surface area contributed by atoms with Gasteiger partial charge in [-0.15, -0.1) is 0 Å². The first-order chi connectivity index (χ1) is 59.4. The van der Waals surface area contributed by atoms with E-state index in [1.165, 1.54) is 69.6 Å².